The second-order valence-corrected chi connectivity index (χ2v) is 3.73. The van der Waals surface area contributed by atoms with Crippen molar-refractivity contribution in [1.82, 2.24) is 0 Å². The fraction of sp³-hybridized carbons (Fsp3) is 0.364. The summed E-state index contributed by atoms with van der Waals surface area (Å²) >= 11 is 0. The highest BCUT2D eigenvalue weighted by Crippen LogP contribution is 2.32. The SMILES string of the molecule is O=C(CCC(F)(F)F)c1ccc(C(F)(F)F)c(F)c1. The molecule has 0 aliphatic carbocycles. The highest BCUT2D eigenvalue weighted by molar-refractivity contribution is 5.96. The van der Waals surface area contributed by atoms with E-state index in [2.05, 4.69) is 0 Å². The second kappa shape index (κ2) is 5.18. The van der Waals surface area contributed by atoms with Gasteiger partial charge in [0.1, 0.15) is 5.82 Å². The Balaban J connectivity index is 2.87. The molecule has 0 aromatic heterocycles. The van der Waals surface area contributed by atoms with Crippen LogP contribution in [-0.2, 0) is 6.18 Å². The number of hydrogen-bond acceptors (Lipinski definition) is 1. The van der Waals surface area contributed by atoms with Gasteiger partial charge in [0.15, 0.2) is 5.78 Å². The quantitative estimate of drug-likeness (QED) is 0.596. The summed E-state index contributed by atoms with van der Waals surface area (Å²) in [4.78, 5) is 11.3. The van der Waals surface area contributed by atoms with Gasteiger partial charge in [-0.2, -0.15) is 26.3 Å². The number of Topliss-reactive ketones (excluding diaryl/α,β-unsaturated/α-hetero) is 1. The number of carbonyl (C=O) groups excluding carboxylic acids is 1. The molecule has 8 heteroatoms. The lowest BCUT2D eigenvalue weighted by atomic mass is 10.0. The van der Waals surface area contributed by atoms with E-state index in [1.165, 1.54) is 0 Å². The van der Waals surface area contributed by atoms with Gasteiger partial charge in [-0.3, -0.25) is 4.79 Å². The Bertz CT molecular complexity index is 473. The molecular weight excluding hydrogens is 281 g/mol. The van der Waals surface area contributed by atoms with Gasteiger partial charge in [-0.1, -0.05) is 6.07 Å². The van der Waals surface area contributed by atoms with E-state index < -0.39 is 47.9 Å². The van der Waals surface area contributed by atoms with Crippen LogP contribution >= 0.6 is 0 Å². The van der Waals surface area contributed by atoms with E-state index in [0.717, 1.165) is 0 Å². The van der Waals surface area contributed by atoms with Gasteiger partial charge in [-0.15, -0.1) is 0 Å². The van der Waals surface area contributed by atoms with Crippen molar-refractivity contribution in [3.8, 4) is 0 Å². The zero-order valence-electron chi connectivity index (χ0n) is 9.20. The maximum atomic E-state index is 13.1. The number of halogens is 7. The Morgan fingerprint density at radius 1 is 1.05 bits per heavy atom. The van der Waals surface area contributed by atoms with Crippen molar-refractivity contribution in [3.63, 3.8) is 0 Å². The van der Waals surface area contributed by atoms with E-state index in [1.807, 2.05) is 0 Å². The fourth-order valence-electron chi connectivity index (χ4n) is 1.32. The third kappa shape index (κ3) is 4.53. The van der Waals surface area contributed by atoms with Gasteiger partial charge in [0, 0.05) is 12.0 Å². The molecule has 0 N–H and O–H groups in total. The summed E-state index contributed by atoms with van der Waals surface area (Å²) in [7, 11) is 0. The molecule has 1 nitrogen and oxygen atoms in total. The highest BCUT2D eigenvalue weighted by atomic mass is 19.4. The van der Waals surface area contributed by atoms with Gasteiger partial charge in [0.2, 0.25) is 0 Å². The molecule has 0 radical (unpaired) electrons. The molecule has 0 spiro atoms. The van der Waals surface area contributed by atoms with Gasteiger partial charge in [-0.05, 0) is 12.1 Å². The van der Waals surface area contributed by atoms with Crippen molar-refractivity contribution in [3.05, 3.63) is 35.1 Å². The molecule has 0 saturated carbocycles. The third-order valence-corrected chi connectivity index (χ3v) is 2.23. The number of ketones is 1. The average Bonchev–Trinajstić information content (AvgIpc) is 2.22. The van der Waals surface area contributed by atoms with Crippen LogP contribution in [0.15, 0.2) is 18.2 Å². The van der Waals surface area contributed by atoms with Crippen LogP contribution in [0.1, 0.15) is 28.8 Å². The van der Waals surface area contributed by atoms with E-state index >= 15 is 0 Å². The fourth-order valence-corrected chi connectivity index (χ4v) is 1.32. The van der Waals surface area contributed by atoms with Crippen molar-refractivity contribution in [2.24, 2.45) is 0 Å². The number of benzene rings is 1. The topological polar surface area (TPSA) is 17.1 Å². The molecule has 0 heterocycles. The van der Waals surface area contributed by atoms with Crippen molar-refractivity contribution in [2.75, 3.05) is 0 Å². The number of alkyl halides is 6. The average molecular weight is 288 g/mol. The maximum absolute atomic E-state index is 13.1. The Labute approximate surface area is 103 Å². The largest absolute Gasteiger partial charge is 0.419 e. The lowest BCUT2D eigenvalue weighted by Crippen LogP contribution is -2.12. The first-order valence-corrected chi connectivity index (χ1v) is 4.97. The van der Waals surface area contributed by atoms with Gasteiger partial charge in [0.25, 0.3) is 0 Å². The molecule has 0 amide bonds. The molecule has 0 unspecified atom stereocenters. The molecule has 19 heavy (non-hydrogen) atoms. The van der Waals surface area contributed by atoms with Crippen molar-refractivity contribution in [2.45, 2.75) is 25.2 Å². The lowest BCUT2D eigenvalue weighted by molar-refractivity contribution is -0.140. The predicted molar refractivity (Wildman–Crippen MR) is 51.0 cm³/mol. The van der Waals surface area contributed by atoms with Crippen molar-refractivity contribution < 1.29 is 35.5 Å². The maximum Gasteiger partial charge on any atom is 0.419 e. The van der Waals surface area contributed by atoms with Crippen LogP contribution in [0.4, 0.5) is 30.7 Å². The van der Waals surface area contributed by atoms with Crippen LogP contribution in [0.2, 0.25) is 0 Å². The minimum atomic E-state index is -4.92. The minimum Gasteiger partial charge on any atom is -0.294 e. The summed E-state index contributed by atoms with van der Waals surface area (Å²) in [6.45, 7) is 0. The summed E-state index contributed by atoms with van der Waals surface area (Å²) in [5.74, 6) is -2.75. The van der Waals surface area contributed by atoms with Crippen LogP contribution in [0.5, 0.6) is 0 Å². The molecule has 0 aliphatic heterocycles. The molecule has 0 bridgehead atoms. The first-order valence-electron chi connectivity index (χ1n) is 4.97. The van der Waals surface area contributed by atoms with E-state index in [1.54, 1.807) is 0 Å². The van der Waals surface area contributed by atoms with E-state index in [9.17, 15) is 35.5 Å². The highest BCUT2D eigenvalue weighted by Gasteiger charge is 2.34. The van der Waals surface area contributed by atoms with Crippen LogP contribution < -0.4 is 0 Å². The second-order valence-electron chi connectivity index (χ2n) is 3.73. The normalized spacial score (nSPS) is 12.6. The monoisotopic (exact) mass is 288 g/mol. The first-order chi connectivity index (χ1) is 8.50. The standard InChI is InChI=1S/C11H7F7O/c12-8-5-6(1-2-7(8)11(16,17)18)9(19)3-4-10(13,14)15/h1-2,5H,3-4H2. The number of carbonyl (C=O) groups is 1. The third-order valence-electron chi connectivity index (χ3n) is 2.23. The predicted octanol–water partition coefficient (Wildman–Crippen LogP) is 4.37. The van der Waals surface area contributed by atoms with E-state index in [0.29, 0.717) is 18.2 Å². The van der Waals surface area contributed by atoms with Gasteiger partial charge in [-0.25, -0.2) is 4.39 Å². The van der Waals surface area contributed by atoms with Crippen molar-refractivity contribution in [1.29, 1.82) is 0 Å². The summed E-state index contributed by atoms with van der Waals surface area (Å²) < 4.78 is 85.3. The Kier molecular flexibility index (Phi) is 4.21. The molecule has 0 fully saturated rings. The Morgan fingerprint density at radius 2 is 1.63 bits per heavy atom. The zero-order valence-corrected chi connectivity index (χ0v) is 9.20. The minimum absolute atomic E-state index is 0.293. The first kappa shape index (κ1) is 15.5. The van der Waals surface area contributed by atoms with Gasteiger partial charge >= 0.3 is 12.4 Å². The smallest absolute Gasteiger partial charge is 0.294 e. The zero-order chi connectivity index (χ0) is 14.8. The Morgan fingerprint density at radius 3 is 2.05 bits per heavy atom. The Hall–Kier alpha value is -1.60. The summed E-state index contributed by atoms with van der Waals surface area (Å²) in [6, 6.07) is 1.28. The lowest BCUT2D eigenvalue weighted by Gasteiger charge is -2.09. The molecule has 0 atom stereocenters. The molecule has 1 rings (SSSR count). The molecule has 1 aromatic carbocycles. The molecular formula is C11H7F7O. The van der Waals surface area contributed by atoms with Crippen LogP contribution in [0.3, 0.4) is 0 Å². The summed E-state index contributed by atoms with van der Waals surface area (Å²) in [5, 5.41) is 0. The summed E-state index contributed by atoms with van der Waals surface area (Å²) in [5.41, 5.74) is -2.09. The molecule has 0 saturated heterocycles. The summed E-state index contributed by atoms with van der Waals surface area (Å²) in [6.07, 6.45) is -11.8. The van der Waals surface area contributed by atoms with Crippen LogP contribution in [-0.4, -0.2) is 12.0 Å². The van der Waals surface area contributed by atoms with Crippen LogP contribution in [0, 0.1) is 5.82 Å². The molecule has 106 valence electrons. The van der Waals surface area contributed by atoms with Crippen molar-refractivity contribution >= 4 is 5.78 Å². The van der Waals surface area contributed by atoms with Gasteiger partial charge < -0.3 is 0 Å². The molecule has 1 aromatic rings. The number of hydrogen-bond donors (Lipinski definition) is 0. The molecule has 0 aliphatic rings. The van der Waals surface area contributed by atoms with E-state index in [-0.39, 0.29) is 0 Å². The van der Waals surface area contributed by atoms with Gasteiger partial charge in [0.05, 0.1) is 12.0 Å². The van der Waals surface area contributed by atoms with E-state index in [4.69, 9.17) is 0 Å². The van der Waals surface area contributed by atoms with Crippen LogP contribution in [0.25, 0.3) is 0 Å². The number of rotatable bonds is 3.